The minimum absolute atomic E-state index is 0.222. The highest BCUT2D eigenvalue weighted by atomic mass is 35.5. The summed E-state index contributed by atoms with van der Waals surface area (Å²) in [5.41, 5.74) is 8.55. The fourth-order valence-corrected chi connectivity index (χ4v) is 3.50. The number of nitrogens with zero attached hydrogens (tertiary/aromatic N) is 3. The van der Waals surface area contributed by atoms with Crippen LogP contribution < -0.4 is 5.73 Å². The van der Waals surface area contributed by atoms with E-state index in [1.54, 1.807) is 30.3 Å². The molecule has 0 saturated carbocycles. The number of benzene rings is 2. The Kier molecular flexibility index (Phi) is 4.47. The molecule has 4 aromatic rings. The minimum Gasteiger partial charge on any atom is -0.364 e. The van der Waals surface area contributed by atoms with E-state index in [4.69, 9.17) is 17.3 Å². The SMILES string of the molecule is NC(=O)c1cc(-c2ccc(Cl)cc2)nn1-c1nc(-c2ccc(F)cc2)cs1. The number of nitrogens with two attached hydrogens (primary N) is 1. The second-order valence-electron chi connectivity index (χ2n) is 5.72. The molecule has 0 radical (unpaired) electrons. The van der Waals surface area contributed by atoms with E-state index >= 15 is 0 Å². The maximum absolute atomic E-state index is 13.1. The third kappa shape index (κ3) is 3.47. The second-order valence-corrected chi connectivity index (χ2v) is 6.99. The van der Waals surface area contributed by atoms with E-state index < -0.39 is 5.91 Å². The number of hydrogen-bond donors (Lipinski definition) is 1. The van der Waals surface area contributed by atoms with Gasteiger partial charge in [0, 0.05) is 21.5 Å². The molecule has 2 heterocycles. The zero-order chi connectivity index (χ0) is 19.0. The minimum atomic E-state index is -0.610. The van der Waals surface area contributed by atoms with Crippen LogP contribution in [-0.2, 0) is 0 Å². The van der Waals surface area contributed by atoms with Crippen molar-refractivity contribution in [3.05, 3.63) is 76.5 Å². The first-order chi connectivity index (χ1) is 13.0. The highest BCUT2D eigenvalue weighted by Crippen LogP contribution is 2.27. The van der Waals surface area contributed by atoms with Gasteiger partial charge >= 0.3 is 0 Å². The fourth-order valence-electron chi connectivity index (χ4n) is 2.58. The summed E-state index contributed by atoms with van der Waals surface area (Å²) in [6.45, 7) is 0. The first-order valence-corrected chi connectivity index (χ1v) is 9.15. The molecule has 8 heteroatoms. The van der Waals surface area contributed by atoms with Gasteiger partial charge in [-0.05, 0) is 42.5 Å². The van der Waals surface area contributed by atoms with Gasteiger partial charge in [0.15, 0.2) is 0 Å². The highest BCUT2D eigenvalue weighted by Gasteiger charge is 2.18. The molecule has 5 nitrogen and oxygen atoms in total. The van der Waals surface area contributed by atoms with Crippen molar-refractivity contribution in [2.24, 2.45) is 5.73 Å². The highest BCUT2D eigenvalue weighted by molar-refractivity contribution is 7.12. The van der Waals surface area contributed by atoms with Gasteiger partial charge in [-0.15, -0.1) is 11.3 Å². The summed E-state index contributed by atoms with van der Waals surface area (Å²) in [4.78, 5) is 16.4. The Morgan fingerprint density at radius 3 is 2.33 bits per heavy atom. The van der Waals surface area contributed by atoms with Crippen LogP contribution in [0.4, 0.5) is 4.39 Å². The lowest BCUT2D eigenvalue weighted by molar-refractivity contribution is 0.0993. The third-order valence-corrected chi connectivity index (χ3v) is 4.98. The fraction of sp³-hybridized carbons (Fsp3) is 0. The van der Waals surface area contributed by atoms with E-state index in [9.17, 15) is 9.18 Å². The summed E-state index contributed by atoms with van der Waals surface area (Å²) in [6, 6.07) is 14.8. The standard InChI is InChI=1S/C19H12ClFN4OS/c20-13-5-1-11(2-6-13)15-9-17(18(22)26)25(24-15)19-23-16(10-27-19)12-3-7-14(21)8-4-12/h1-10H,(H2,22,26). The average molecular weight is 399 g/mol. The topological polar surface area (TPSA) is 73.8 Å². The molecule has 4 rings (SSSR count). The van der Waals surface area contributed by atoms with Crippen molar-refractivity contribution in [1.29, 1.82) is 0 Å². The maximum atomic E-state index is 13.1. The maximum Gasteiger partial charge on any atom is 0.267 e. The molecule has 0 aliphatic rings. The predicted molar refractivity (Wildman–Crippen MR) is 104 cm³/mol. The lowest BCUT2D eigenvalue weighted by Crippen LogP contribution is -2.16. The Labute approximate surface area is 162 Å². The Morgan fingerprint density at radius 2 is 1.67 bits per heavy atom. The van der Waals surface area contributed by atoms with Crippen LogP contribution in [0.15, 0.2) is 60.0 Å². The van der Waals surface area contributed by atoms with Gasteiger partial charge in [-0.2, -0.15) is 9.78 Å². The molecular weight excluding hydrogens is 387 g/mol. The number of thiazole rings is 1. The molecule has 0 saturated heterocycles. The Bertz CT molecular complexity index is 1120. The largest absolute Gasteiger partial charge is 0.364 e. The smallest absolute Gasteiger partial charge is 0.267 e. The molecular formula is C19H12ClFN4OS. The number of aromatic nitrogens is 3. The molecule has 2 N–H and O–H groups in total. The summed E-state index contributed by atoms with van der Waals surface area (Å²) in [7, 11) is 0. The number of carbonyl (C=O) groups is 1. The van der Waals surface area contributed by atoms with E-state index in [1.807, 2.05) is 17.5 Å². The Balaban J connectivity index is 1.76. The number of amides is 1. The van der Waals surface area contributed by atoms with Crippen LogP contribution in [0.5, 0.6) is 0 Å². The van der Waals surface area contributed by atoms with Crippen LogP contribution in [0.25, 0.3) is 27.6 Å². The molecule has 0 atom stereocenters. The van der Waals surface area contributed by atoms with Crippen molar-refractivity contribution in [3.63, 3.8) is 0 Å². The summed E-state index contributed by atoms with van der Waals surface area (Å²) >= 11 is 7.23. The average Bonchev–Trinajstić information content (AvgIpc) is 3.30. The van der Waals surface area contributed by atoms with Crippen molar-refractivity contribution in [2.75, 3.05) is 0 Å². The molecule has 2 aromatic heterocycles. The van der Waals surface area contributed by atoms with Gasteiger partial charge in [-0.1, -0.05) is 23.7 Å². The molecule has 0 bridgehead atoms. The number of rotatable bonds is 4. The van der Waals surface area contributed by atoms with E-state index in [-0.39, 0.29) is 11.5 Å². The van der Waals surface area contributed by atoms with Crippen molar-refractivity contribution in [3.8, 4) is 27.6 Å². The van der Waals surface area contributed by atoms with Gasteiger partial charge in [0.05, 0.1) is 11.4 Å². The lowest BCUT2D eigenvalue weighted by atomic mass is 10.1. The molecule has 0 spiro atoms. The van der Waals surface area contributed by atoms with E-state index in [1.165, 1.54) is 28.2 Å². The molecule has 0 aliphatic heterocycles. The zero-order valence-electron chi connectivity index (χ0n) is 13.8. The van der Waals surface area contributed by atoms with Gasteiger partial charge < -0.3 is 5.73 Å². The van der Waals surface area contributed by atoms with Gasteiger partial charge in [-0.3, -0.25) is 4.79 Å². The van der Waals surface area contributed by atoms with Crippen molar-refractivity contribution in [1.82, 2.24) is 14.8 Å². The quantitative estimate of drug-likeness (QED) is 0.547. The monoisotopic (exact) mass is 398 g/mol. The third-order valence-electron chi connectivity index (χ3n) is 3.92. The van der Waals surface area contributed by atoms with Gasteiger partial charge in [0.2, 0.25) is 5.13 Å². The molecule has 2 aromatic carbocycles. The van der Waals surface area contributed by atoms with Crippen LogP contribution in [0.3, 0.4) is 0 Å². The van der Waals surface area contributed by atoms with E-state index in [0.717, 1.165) is 11.1 Å². The Hall–Kier alpha value is -3.03. The molecule has 0 unspecified atom stereocenters. The number of hydrogen-bond acceptors (Lipinski definition) is 4. The first kappa shape index (κ1) is 17.4. The van der Waals surface area contributed by atoms with Crippen LogP contribution >= 0.6 is 22.9 Å². The predicted octanol–water partition coefficient (Wildman–Crippen LogP) is 4.55. The first-order valence-electron chi connectivity index (χ1n) is 7.89. The Morgan fingerprint density at radius 1 is 1.04 bits per heavy atom. The summed E-state index contributed by atoms with van der Waals surface area (Å²) in [6.07, 6.45) is 0. The molecule has 1 amide bonds. The van der Waals surface area contributed by atoms with Crippen LogP contribution in [-0.4, -0.2) is 20.7 Å². The summed E-state index contributed by atoms with van der Waals surface area (Å²) < 4.78 is 14.5. The number of halogens is 2. The molecule has 0 aliphatic carbocycles. The van der Waals surface area contributed by atoms with E-state index in [2.05, 4.69) is 10.1 Å². The molecule has 27 heavy (non-hydrogen) atoms. The lowest BCUT2D eigenvalue weighted by Gasteiger charge is -2.00. The van der Waals surface area contributed by atoms with Gasteiger partial charge in [0.1, 0.15) is 11.5 Å². The van der Waals surface area contributed by atoms with Crippen LogP contribution in [0.2, 0.25) is 5.02 Å². The normalized spacial score (nSPS) is 10.9. The van der Waals surface area contributed by atoms with Gasteiger partial charge in [0.25, 0.3) is 5.91 Å². The van der Waals surface area contributed by atoms with E-state index in [0.29, 0.717) is 21.5 Å². The molecule has 134 valence electrons. The van der Waals surface area contributed by atoms with Crippen LogP contribution in [0.1, 0.15) is 10.5 Å². The van der Waals surface area contributed by atoms with Crippen molar-refractivity contribution in [2.45, 2.75) is 0 Å². The summed E-state index contributed by atoms with van der Waals surface area (Å²) in [5, 5.41) is 7.40. The zero-order valence-corrected chi connectivity index (χ0v) is 15.3. The number of carbonyl (C=O) groups excluding carboxylic acids is 1. The van der Waals surface area contributed by atoms with Gasteiger partial charge in [-0.25, -0.2) is 9.37 Å². The second kappa shape index (κ2) is 6.94. The molecule has 0 fully saturated rings. The number of primary amides is 1. The van der Waals surface area contributed by atoms with Crippen LogP contribution in [0, 0.1) is 5.82 Å². The van der Waals surface area contributed by atoms with Crippen molar-refractivity contribution < 1.29 is 9.18 Å². The van der Waals surface area contributed by atoms with Crippen molar-refractivity contribution >= 4 is 28.8 Å². The summed E-state index contributed by atoms with van der Waals surface area (Å²) in [5.74, 6) is -0.925.